The zero-order chi connectivity index (χ0) is 12.8. The fourth-order valence-corrected chi connectivity index (χ4v) is 2.36. The number of hydrogen-bond acceptors (Lipinski definition) is 3. The molecular formula is C15H21NO2. The second kappa shape index (κ2) is 6.57. The molecule has 1 fully saturated rings. The first-order valence-electron chi connectivity index (χ1n) is 6.47. The van der Waals surface area contributed by atoms with E-state index in [0.29, 0.717) is 12.5 Å². The van der Waals surface area contributed by atoms with Crippen LogP contribution in [0.1, 0.15) is 29.9 Å². The van der Waals surface area contributed by atoms with Gasteiger partial charge in [0.05, 0.1) is 7.11 Å². The highest BCUT2D eigenvalue weighted by atomic mass is 16.5. The molecule has 0 spiro atoms. The fourth-order valence-electron chi connectivity index (χ4n) is 2.36. The van der Waals surface area contributed by atoms with Crippen molar-refractivity contribution in [3.63, 3.8) is 0 Å². The van der Waals surface area contributed by atoms with Crippen molar-refractivity contribution >= 4 is 6.08 Å². The van der Waals surface area contributed by atoms with Gasteiger partial charge >= 0.3 is 0 Å². The number of benzene rings is 1. The van der Waals surface area contributed by atoms with Gasteiger partial charge in [0, 0.05) is 25.3 Å². The standard InChI is InChI=1S/C15H21NO2/c1-17-15-5-4-13(11-14(15)3-2-8-16)12-6-9-18-10-7-12/h2-5,11-12H,6-10,16H2,1H3/b3-2+. The third-order valence-corrected chi connectivity index (χ3v) is 3.38. The Labute approximate surface area is 109 Å². The summed E-state index contributed by atoms with van der Waals surface area (Å²) >= 11 is 0. The van der Waals surface area contributed by atoms with Gasteiger partial charge in [-0.1, -0.05) is 18.2 Å². The summed E-state index contributed by atoms with van der Waals surface area (Å²) in [6.07, 6.45) is 6.19. The van der Waals surface area contributed by atoms with E-state index < -0.39 is 0 Å². The second-order valence-electron chi connectivity index (χ2n) is 4.53. The molecule has 1 aliphatic rings. The Morgan fingerprint density at radius 2 is 2.17 bits per heavy atom. The van der Waals surface area contributed by atoms with Gasteiger partial charge in [-0.15, -0.1) is 0 Å². The van der Waals surface area contributed by atoms with Crippen LogP contribution in [0.25, 0.3) is 6.08 Å². The van der Waals surface area contributed by atoms with Crippen LogP contribution in [0.5, 0.6) is 5.75 Å². The van der Waals surface area contributed by atoms with Crippen molar-refractivity contribution in [2.45, 2.75) is 18.8 Å². The summed E-state index contributed by atoms with van der Waals surface area (Å²) in [5.41, 5.74) is 7.98. The van der Waals surface area contributed by atoms with Gasteiger partial charge in [-0.3, -0.25) is 0 Å². The van der Waals surface area contributed by atoms with E-state index in [4.69, 9.17) is 15.2 Å². The van der Waals surface area contributed by atoms with E-state index in [0.717, 1.165) is 37.4 Å². The maximum Gasteiger partial charge on any atom is 0.126 e. The zero-order valence-corrected chi connectivity index (χ0v) is 10.9. The lowest BCUT2D eigenvalue weighted by Gasteiger charge is -2.23. The molecule has 3 heteroatoms. The molecule has 1 aromatic carbocycles. The van der Waals surface area contributed by atoms with Crippen LogP contribution < -0.4 is 10.5 Å². The van der Waals surface area contributed by atoms with E-state index >= 15 is 0 Å². The Morgan fingerprint density at radius 3 is 2.83 bits per heavy atom. The number of methoxy groups -OCH3 is 1. The topological polar surface area (TPSA) is 44.5 Å². The predicted molar refractivity (Wildman–Crippen MR) is 73.9 cm³/mol. The first-order chi connectivity index (χ1) is 8.85. The molecule has 0 aliphatic carbocycles. The Balaban J connectivity index is 2.23. The van der Waals surface area contributed by atoms with Gasteiger partial charge in [0.1, 0.15) is 5.75 Å². The lowest BCUT2D eigenvalue weighted by Crippen LogP contribution is -2.14. The average molecular weight is 247 g/mol. The Hall–Kier alpha value is -1.32. The van der Waals surface area contributed by atoms with Crippen molar-refractivity contribution in [2.75, 3.05) is 26.9 Å². The van der Waals surface area contributed by atoms with Gasteiger partial charge in [-0.2, -0.15) is 0 Å². The molecule has 2 rings (SSSR count). The fraction of sp³-hybridized carbons (Fsp3) is 0.467. The molecule has 0 bridgehead atoms. The Morgan fingerprint density at radius 1 is 1.39 bits per heavy atom. The zero-order valence-electron chi connectivity index (χ0n) is 10.9. The van der Waals surface area contributed by atoms with Crippen LogP contribution >= 0.6 is 0 Å². The van der Waals surface area contributed by atoms with Gasteiger partial charge in [-0.25, -0.2) is 0 Å². The van der Waals surface area contributed by atoms with E-state index in [1.165, 1.54) is 5.56 Å². The molecule has 3 nitrogen and oxygen atoms in total. The van der Waals surface area contributed by atoms with Crippen LogP contribution in [0.4, 0.5) is 0 Å². The highest BCUT2D eigenvalue weighted by Crippen LogP contribution is 2.31. The van der Waals surface area contributed by atoms with Crippen LogP contribution in [0.3, 0.4) is 0 Å². The Kier molecular flexibility index (Phi) is 4.79. The molecule has 1 heterocycles. The monoisotopic (exact) mass is 247 g/mol. The van der Waals surface area contributed by atoms with Gasteiger partial charge in [0.25, 0.3) is 0 Å². The number of nitrogens with two attached hydrogens (primary N) is 1. The van der Waals surface area contributed by atoms with Crippen molar-refractivity contribution < 1.29 is 9.47 Å². The molecule has 1 aliphatic heterocycles. The quantitative estimate of drug-likeness (QED) is 0.889. The molecule has 0 saturated carbocycles. The van der Waals surface area contributed by atoms with Crippen molar-refractivity contribution in [1.29, 1.82) is 0 Å². The highest BCUT2D eigenvalue weighted by Gasteiger charge is 2.16. The summed E-state index contributed by atoms with van der Waals surface area (Å²) < 4.78 is 10.8. The average Bonchev–Trinajstić information content (AvgIpc) is 2.45. The molecule has 0 amide bonds. The number of hydrogen-bond donors (Lipinski definition) is 1. The summed E-state index contributed by atoms with van der Waals surface area (Å²) in [6, 6.07) is 6.41. The summed E-state index contributed by atoms with van der Waals surface area (Å²) in [5.74, 6) is 1.50. The van der Waals surface area contributed by atoms with E-state index in [1.54, 1.807) is 7.11 Å². The van der Waals surface area contributed by atoms with Crippen molar-refractivity contribution in [1.82, 2.24) is 0 Å². The molecule has 0 aromatic heterocycles. The van der Waals surface area contributed by atoms with Crippen LogP contribution in [-0.4, -0.2) is 26.9 Å². The summed E-state index contributed by atoms with van der Waals surface area (Å²) in [4.78, 5) is 0. The van der Waals surface area contributed by atoms with Gasteiger partial charge in [0.15, 0.2) is 0 Å². The predicted octanol–water partition coefficient (Wildman–Crippen LogP) is 2.56. The second-order valence-corrected chi connectivity index (χ2v) is 4.53. The molecule has 0 radical (unpaired) electrons. The molecule has 0 atom stereocenters. The molecule has 98 valence electrons. The third kappa shape index (κ3) is 3.12. The maximum absolute atomic E-state index is 5.50. The van der Waals surface area contributed by atoms with Crippen molar-refractivity contribution in [3.05, 3.63) is 35.4 Å². The molecule has 0 unspecified atom stereocenters. The smallest absolute Gasteiger partial charge is 0.126 e. The van der Waals surface area contributed by atoms with Crippen molar-refractivity contribution in [3.8, 4) is 5.75 Å². The molecule has 2 N–H and O–H groups in total. The first kappa shape index (κ1) is 13.1. The molecular weight excluding hydrogens is 226 g/mol. The lowest BCUT2D eigenvalue weighted by atomic mass is 9.90. The van der Waals surface area contributed by atoms with Crippen LogP contribution in [0, 0.1) is 0 Å². The number of rotatable bonds is 4. The van der Waals surface area contributed by atoms with E-state index in [9.17, 15) is 0 Å². The van der Waals surface area contributed by atoms with E-state index in [2.05, 4.69) is 12.1 Å². The van der Waals surface area contributed by atoms with E-state index in [-0.39, 0.29) is 0 Å². The summed E-state index contributed by atoms with van der Waals surface area (Å²) in [6.45, 7) is 2.28. The SMILES string of the molecule is COc1ccc(C2CCOCC2)cc1/C=C/CN. The minimum atomic E-state index is 0.546. The molecule has 18 heavy (non-hydrogen) atoms. The van der Waals surface area contributed by atoms with Crippen LogP contribution in [-0.2, 0) is 4.74 Å². The van der Waals surface area contributed by atoms with Gasteiger partial charge in [-0.05, 0) is 36.5 Å². The third-order valence-electron chi connectivity index (χ3n) is 3.38. The Bertz CT molecular complexity index is 409. The normalized spacial score (nSPS) is 17.2. The maximum atomic E-state index is 5.50. The highest BCUT2D eigenvalue weighted by molar-refractivity contribution is 5.59. The van der Waals surface area contributed by atoms with Crippen LogP contribution in [0.2, 0.25) is 0 Å². The lowest BCUT2D eigenvalue weighted by molar-refractivity contribution is 0.0853. The van der Waals surface area contributed by atoms with Gasteiger partial charge in [0.2, 0.25) is 0 Å². The van der Waals surface area contributed by atoms with Crippen LogP contribution in [0.15, 0.2) is 24.3 Å². The van der Waals surface area contributed by atoms with Gasteiger partial charge < -0.3 is 15.2 Å². The first-order valence-corrected chi connectivity index (χ1v) is 6.47. The minimum absolute atomic E-state index is 0.546. The van der Waals surface area contributed by atoms with E-state index in [1.807, 2.05) is 18.2 Å². The largest absolute Gasteiger partial charge is 0.496 e. The number of ether oxygens (including phenoxy) is 2. The summed E-state index contributed by atoms with van der Waals surface area (Å²) in [5, 5.41) is 0. The van der Waals surface area contributed by atoms with Crippen molar-refractivity contribution in [2.24, 2.45) is 5.73 Å². The summed E-state index contributed by atoms with van der Waals surface area (Å²) in [7, 11) is 1.70. The molecule has 1 aromatic rings. The molecule has 1 saturated heterocycles. The minimum Gasteiger partial charge on any atom is -0.496 e.